The number of carbonyl (C=O) groups excluding carboxylic acids is 1. The minimum Gasteiger partial charge on any atom is -0.487 e. The molecule has 1 aromatic carbocycles. The van der Waals surface area contributed by atoms with Gasteiger partial charge in [0.1, 0.15) is 11.9 Å². The van der Waals surface area contributed by atoms with Gasteiger partial charge in [-0.15, -0.1) is 0 Å². The van der Waals surface area contributed by atoms with Crippen molar-refractivity contribution in [1.82, 2.24) is 14.6 Å². The maximum Gasteiger partial charge on any atom is 0.251 e. The minimum atomic E-state index is -3.61. The van der Waals surface area contributed by atoms with Gasteiger partial charge in [0.25, 0.3) is 5.91 Å². The molecule has 2 heterocycles. The lowest BCUT2D eigenvalue weighted by atomic mass is 10.2. The van der Waals surface area contributed by atoms with E-state index in [0.717, 1.165) is 0 Å². The Morgan fingerprint density at radius 2 is 2.04 bits per heavy atom. The number of ether oxygens (including phenoxy) is 1. The Bertz CT molecular complexity index is 838. The molecule has 132 valence electrons. The molecule has 3 rings (SSSR count). The number of nitrogens with one attached hydrogen (secondary N) is 1. The first-order chi connectivity index (χ1) is 12.0. The van der Waals surface area contributed by atoms with Crippen molar-refractivity contribution in [3.8, 4) is 5.75 Å². The number of amides is 1. The zero-order chi connectivity index (χ0) is 17.9. The Hall–Kier alpha value is -2.45. The van der Waals surface area contributed by atoms with Crippen LogP contribution in [0.4, 0.5) is 0 Å². The molecule has 2 aromatic rings. The Balaban J connectivity index is 1.69. The van der Waals surface area contributed by atoms with Crippen molar-refractivity contribution >= 4 is 15.9 Å². The van der Waals surface area contributed by atoms with E-state index in [1.165, 1.54) is 35.6 Å². The second-order valence-electron chi connectivity index (χ2n) is 5.68. The van der Waals surface area contributed by atoms with Crippen molar-refractivity contribution in [2.24, 2.45) is 0 Å². The highest BCUT2D eigenvalue weighted by Crippen LogP contribution is 2.24. The third-order valence-corrected chi connectivity index (χ3v) is 5.91. The van der Waals surface area contributed by atoms with Crippen LogP contribution in [0.2, 0.25) is 0 Å². The zero-order valence-electron chi connectivity index (χ0n) is 13.8. The molecule has 1 saturated heterocycles. The van der Waals surface area contributed by atoms with E-state index in [9.17, 15) is 13.2 Å². The second kappa shape index (κ2) is 7.20. The van der Waals surface area contributed by atoms with Gasteiger partial charge in [-0.25, -0.2) is 8.42 Å². The average Bonchev–Trinajstić information content (AvgIpc) is 3.11. The predicted octanol–water partition coefficient (Wildman–Crippen LogP) is 1.28. The largest absolute Gasteiger partial charge is 0.487 e. The summed E-state index contributed by atoms with van der Waals surface area (Å²) >= 11 is 0. The summed E-state index contributed by atoms with van der Waals surface area (Å²) in [6, 6.07) is 9.48. The fourth-order valence-corrected chi connectivity index (χ4v) is 4.18. The summed E-state index contributed by atoms with van der Waals surface area (Å²) in [5.41, 5.74) is 0.417. The van der Waals surface area contributed by atoms with Crippen molar-refractivity contribution in [2.45, 2.75) is 17.4 Å². The van der Waals surface area contributed by atoms with Gasteiger partial charge in [-0.3, -0.25) is 9.78 Å². The maximum absolute atomic E-state index is 12.7. The average molecular weight is 361 g/mol. The van der Waals surface area contributed by atoms with Crippen LogP contribution < -0.4 is 10.1 Å². The van der Waals surface area contributed by atoms with Crippen molar-refractivity contribution in [2.75, 3.05) is 20.1 Å². The highest BCUT2D eigenvalue weighted by atomic mass is 32.2. The quantitative estimate of drug-likeness (QED) is 0.867. The van der Waals surface area contributed by atoms with Crippen LogP contribution in [0.15, 0.2) is 53.7 Å². The lowest BCUT2D eigenvalue weighted by Gasteiger charge is -2.17. The molecule has 1 aliphatic heterocycles. The smallest absolute Gasteiger partial charge is 0.251 e. The SMILES string of the molecule is CNC(=O)c1ccc(S(=O)(=O)N2CC[C@H](Oc3cccnc3)C2)cc1. The van der Waals surface area contributed by atoms with Crippen LogP contribution in [0.3, 0.4) is 0 Å². The topological polar surface area (TPSA) is 88.6 Å². The van der Waals surface area contributed by atoms with E-state index in [-0.39, 0.29) is 23.5 Å². The molecule has 7 nitrogen and oxygen atoms in total. The minimum absolute atomic E-state index is 0.169. The first-order valence-corrected chi connectivity index (χ1v) is 9.33. The van der Waals surface area contributed by atoms with Gasteiger partial charge in [0, 0.05) is 25.4 Å². The number of hydrogen-bond acceptors (Lipinski definition) is 5. The van der Waals surface area contributed by atoms with Crippen molar-refractivity contribution in [3.63, 3.8) is 0 Å². The second-order valence-corrected chi connectivity index (χ2v) is 7.62. The van der Waals surface area contributed by atoms with Gasteiger partial charge in [0.15, 0.2) is 0 Å². The summed E-state index contributed by atoms with van der Waals surface area (Å²) < 4.78 is 32.7. The monoisotopic (exact) mass is 361 g/mol. The summed E-state index contributed by atoms with van der Waals surface area (Å²) in [5.74, 6) is 0.372. The number of pyridine rings is 1. The van der Waals surface area contributed by atoms with Crippen LogP contribution in [0.1, 0.15) is 16.8 Å². The van der Waals surface area contributed by atoms with Crippen LogP contribution in [0, 0.1) is 0 Å². The number of rotatable bonds is 5. The summed E-state index contributed by atoms with van der Waals surface area (Å²) in [7, 11) is -2.08. The number of hydrogen-bond donors (Lipinski definition) is 1. The molecule has 0 spiro atoms. The van der Waals surface area contributed by atoms with Gasteiger partial charge in [0.2, 0.25) is 10.0 Å². The Kier molecular flexibility index (Phi) is 5.00. The summed E-state index contributed by atoms with van der Waals surface area (Å²) in [6.07, 6.45) is 3.67. The van der Waals surface area contributed by atoms with Crippen LogP contribution in [-0.2, 0) is 10.0 Å². The zero-order valence-corrected chi connectivity index (χ0v) is 14.6. The number of nitrogens with zero attached hydrogens (tertiary/aromatic N) is 2. The number of sulfonamides is 1. The van der Waals surface area contributed by atoms with Crippen molar-refractivity contribution in [1.29, 1.82) is 0 Å². The third-order valence-electron chi connectivity index (χ3n) is 4.03. The number of carbonyl (C=O) groups is 1. The summed E-state index contributed by atoms with van der Waals surface area (Å²) in [5, 5.41) is 2.50. The highest BCUT2D eigenvalue weighted by molar-refractivity contribution is 7.89. The van der Waals surface area contributed by atoms with E-state index in [1.54, 1.807) is 24.5 Å². The van der Waals surface area contributed by atoms with Crippen LogP contribution in [0.5, 0.6) is 5.75 Å². The number of aromatic nitrogens is 1. The van der Waals surface area contributed by atoms with E-state index in [2.05, 4.69) is 10.3 Å². The molecule has 1 N–H and O–H groups in total. The van der Waals surface area contributed by atoms with Crippen LogP contribution >= 0.6 is 0 Å². The Labute approximate surface area is 146 Å². The van der Waals surface area contributed by atoms with Crippen LogP contribution in [0.25, 0.3) is 0 Å². The molecule has 0 saturated carbocycles. The van der Waals surface area contributed by atoms with E-state index in [4.69, 9.17) is 4.74 Å². The van der Waals surface area contributed by atoms with Gasteiger partial charge < -0.3 is 10.1 Å². The van der Waals surface area contributed by atoms with E-state index < -0.39 is 10.0 Å². The molecule has 0 radical (unpaired) electrons. The molecular formula is C17H19N3O4S. The highest BCUT2D eigenvalue weighted by Gasteiger charge is 2.33. The molecule has 0 unspecified atom stereocenters. The fourth-order valence-electron chi connectivity index (χ4n) is 2.69. The van der Waals surface area contributed by atoms with E-state index in [1.807, 2.05) is 0 Å². The van der Waals surface area contributed by atoms with Crippen molar-refractivity contribution < 1.29 is 17.9 Å². The molecule has 1 aromatic heterocycles. The molecule has 1 aliphatic rings. The molecular weight excluding hydrogens is 342 g/mol. The van der Waals surface area contributed by atoms with Gasteiger partial charge in [-0.1, -0.05) is 0 Å². The number of benzene rings is 1. The van der Waals surface area contributed by atoms with Crippen molar-refractivity contribution in [3.05, 3.63) is 54.4 Å². The van der Waals surface area contributed by atoms with E-state index in [0.29, 0.717) is 24.3 Å². The standard InChI is InChI=1S/C17H19N3O4S/c1-18-17(21)13-4-6-16(7-5-13)25(22,23)20-10-8-15(12-20)24-14-3-2-9-19-11-14/h2-7,9,11,15H,8,10,12H2,1H3,(H,18,21)/t15-/m0/s1. The predicted molar refractivity (Wildman–Crippen MR) is 91.9 cm³/mol. The lowest BCUT2D eigenvalue weighted by molar-refractivity contribution is 0.0963. The van der Waals surface area contributed by atoms with E-state index >= 15 is 0 Å². The summed E-state index contributed by atoms with van der Waals surface area (Å²) in [4.78, 5) is 15.7. The Morgan fingerprint density at radius 3 is 2.68 bits per heavy atom. The first-order valence-electron chi connectivity index (χ1n) is 7.89. The lowest BCUT2D eigenvalue weighted by Crippen LogP contribution is -2.31. The molecule has 1 fully saturated rings. The molecule has 0 bridgehead atoms. The molecule has 8 heteroatoms. The van der Waals surface area contributed by atoms with Crippen LogP contribution in [-0.4, -0.2) is 49.9 Å². The van der Waals surface area contributed by atoms with Gasteiger partial charge in [0.05, 0.1) is 17.6 Å². The van der Waals surface area contributed by atoms with Gasteiger partial charge in [-0.2, -0.15) is 4.31 Å². The third kappa shape index (κ3) is 3.80. The molecule has 1 amide bonds. The molecule has 25 heavy (non-hydrogen) atoms. The Morgan fingerprint density at radius 1 is 1.28 bits per heavy atom. The summed E-state index contributed by atoms with van der Waals surface area (Å²) in [6.45, 7) is 0.679. The van der Waals surface area contributed by atoms with Gasteiger partial charge in [-0.05, 0) is 42.8 Å². The maximum atomic E-state index is 12.7. The molecule has 1 atom stereocenters. The first kappa shape index (κ1) is 17.4. The van der Waals surface area contributed by atoms with Gasteiger partial charge >= 0.3 is 0 Å². The normalized spacial score (nSPS) is 18.0. The fraction of sp³-hybridized carbons (Fsp3) is 0.294. The molecule has 0 aliphatic carbocycles.